The van der Waals surface area contributed by atoms with Gasteiger partial charge < -0.3 is 4.74 Å². The summed E-state index contributed by atoms with van der Waals surface area (Å²) < 4.78 is 18.1. The first-order valence-electron chi connectivity index (χ1n) is 5.39. The van der Waals surface area contributed by atoms with Crippen LogP contribution in [0.4, 0.5) is 4.39 Å². The quantitative estimate of drug-likeness (QED) is 0.768. The summed E-state index contributed by atoms with van der Waals surface area (Å²) in [6, 6.07) is 4.36. The normalized spacial score (nSPS) is 10.6. The Morgan fingerprint density at radius 3 is 2.69 bits per heavy atom. The summed E-state index contributed by atoms with van der Waals surface area (Å²) in [5.74, 6) is 0.552. The minimum atomic E-state index is -0.298. The molecule has 1 rings (SSSR count). The number of ketones is 1. The van der Waals surface area contributed by atoms with E-state index in [9.17, 15) is 9.18 Å². The lowest BCUT2D eigenvalue weighted by Gasteiger charge is -2.09. The van der Waals surface area contributed by atoms with E-state index in [0.717, 1.165) is 5.56 Å². The van der Waals surface area contributed by atoms with Crippen molar-refractivity contribution < 1.29 is 13.9 Å². The number of benzene rings is 1. The lowest BCUT2D eigenvalue weighted by Crippen LogP contribution is -2.08. The highest BCUT2D eigenvalue weighted by atomic mass is 19.1. The first kappa shape index (κ1) is 12.7. The van der Waals surface area contributed by atoms with Crippen molar-refractivity contribution in [1.29, 1.82) is 0 Å². The van der Waals surface area contributed by atoms with Crippen molar-refractivity contribution in [2.45, 2.75) is 26.7 Å². The molecule has 0 fully saturated rings. The SMILES string of the molecule is COc1ccc(F)cc1CCC(=O)C(C)C. The van der Waals surface area contributed by atoms with E-state index >= 15 is 0 Å². The molecule has 0 bridgehead atoms. The molecule has 16 heavy (non-hydrogen) atoms. The van der Waals surface area contributed by atoms with Crippen molar-refractivity contribution in [2.75, 3.05) is 7.11 Å². The van der Waals surface area contributed by atoms with Gasteiger partial charge in [-0.15, -0.1) is 0 Å². The lowest BCUT2D eigenvalue weighted by atomic mass is 10.0. The van der Waals surface area contributed by atoms with Gasteiger partial charge in [-0.3, -0.25) is 4.79 Å². The maximum absolute atomic E-state index is 13.0. The van der Waals surface area contributed by atoms with Gasteiger partial charge in [0.15, 0.2) is 0 Å². The Balaban J connectivity index is 2.72. The van der Waals surface area contributed by atoms with E-state index in [2.05, 4.69) is 0 Å². The van der Waals surface area contributed by atoms with Crippen molar-refractivity contribution in [3.05, 3.63) is 29.6 Å². The van der Waals surface area contributed by atoms with Gasteiger partial charge in [0.1, 0.15) is 17.3 Å². The van der Waals surface area contributed by atoms with E-state index in [-0.39, 0.29) is 17.5 Å². The van der Waals surface area contributed by atoms with Crippen LogP contribution in [0.15, 0.2) is 18.2 Å². The van der Waals surface area contributed by atoms with Crippen molar-refractivity contribution >= 4 is 5.78 Å². The molecule has 3 heteroatoms. The van der Waals surface area contributed by atoms with Crippen molar-refractivity contribution in [1.82, 2.24) is 0 Å². The number of hydrogen-bond acceptors (Lipinski definition) is 2. The predicted molar refractivity (Wildman–Crippen MR) is 61.1 cm³/mol. The van der Waals surface area contributed by atoms with Gasteiger partial charge in [-0.05, 0) is 30.2 Å². The molecule has 1 aromatic rings. The number of rotatable bonds is 5. The van der Waals surface area contributed by atoms with Crippen LogP contribution in [0.1, 0.15) is 25.8 Å². The van der Waals surface area contributed by atoms with Crippen LogP contribution >= 0.6 is 0 Å². The van der Waals surface area contributed by atoms with Crippen LogP contribution in [0, 0.1) is 11.7 Å². The topological polar surface area (TPSA) is 26.3 Å². The van der Waals surface area contributed by atoms with Gasteiger partial charge in [0.25, 0.3) is 0 Å². The molecule has 1 aromatic carbocycles. The molecule has 0 amide bonds. The van der Waals surface area contributed by atoms with Crippen molar-refractivity contribution in [3.8, 4) is 5.75 Å². The molecule has 0 aliphatic heterocycles. The molecule has 0 heterocycles. The third-order valence-corrected chi connectivity index (χ3v) is 2.53. The highest BCUT2D eigenvalue weighted by molar-refractivity contribution is 5.80. The van der Waals surface area contributed by atoms with Crippen LogP contribution in [0.25, 0.3) is 0 Å². The zero-order valence-electron chi connectivity index (χ0n) is 9.92. The first-order valence-corrected chi connectivity index (χ1v) is 5.39. The Kier molecular flexibility index (Phi) is 4.47. The molecular formula is C13H17FO2. The van der Waals surface area contributed by atoms with Gasteiger partial charge in [0.05, 0.1) is 7.11 Å². The van der Waals surface area contributed by atoms with E-state index < -0.39 is 0 Å². The smallest absolute Gasteiger partial charge is 0.135 e. The maximum Gasteiger partial charge on any atom is 0.135 e. The fourth-order valence-electron chi connectivity index (χ4n) is 1.49. The third-order valence-electron chi connectivity index (χ3n) is 2.53. The van der Waals surface area contributed by atoms with Gasteiger partial charge in [0, 0.05) is 12.3 Å². The van der Waals surface area contributed by atoms with Crippen LogP contribution in [0.2, 0.25) is 0 Å². The predicted octanol–water partition coefficient (Wildman–Crippen LogP) is 2.99. The summed E-state index contributed by atoms with van der Waals surface area (Å²) in [6.45, 7) is 3.73. The summed E-state index contributed by atoms with van der Waals surface area (Å²) in [4.78, 5) is 11.5. The van der Waals surface area contributed by atoms with E-state index in [1.807, 2.05) is 13.8 Å². The first-order chi connectivity index (χ1) is 7.54. The van der Waals surface area contributed by atoms with Gasteiger partial charge >= 0.3 is 0 Å². The van der Waals surface area contributed by atoms with E-state index in [1.165, 1.54) is 12.1 Å². The lowest BCUT2D eigenvalue weighted by molar-refractivity contribution is -0.121. The molecule has 0 saturated carbocycles. The van der Waals surface area contributed by atoms with E-state index in [1.54, 1.807) is 13.2 Å². The fraction of sp³-hybridized carbons (Fsp3) is 0.462. The maximum atomic E-state index is 13.0. The number of hydrogen-bond donors (Lipinski definition) is 0. The zero-order valence-corrected chi connectivity index (χ0v) is 9.92. The molecule has 0 aromatic heterocycles. The van der Waals surface area contributed by atoms with Gasteiger partial charge in [-0.25, -0.2) is 4.39 Å². The number of aryl methyl sites for hydroxylation is 1. The molecule has 0 aliphatic carbocycles. The molecule has 0 atom stereocenters. The van der Waals surface area contributed by atoms with E-state index in [4.69, 9.17) is 4.74 Å². The average Bonchev–Trinajstić information content (AvgIpc) is 2.25. The molecule has 0 saturated heterocycles. The number of halogens is 1. The molecule has 88 valence electrons. The Morgan fingerprint density at radius 2 is 2.12 bits per heavy atom. The molecular weight excluding hydrogens is 207 g/mol. The summed E-state index contributed by atoms with van der Waals surface area (Å²) in [5, 5.41) is 0. The Morgan fingerprint density at radius 1 is 1.44 bits per heavy atom. The molecule has 0 unspecified atom stereocenters. The minimum absolute atomic E-state index is 0.0274. The highest BCUT2D eigenvalue weighted by Crippen LogP contribution is 2.21. The third kappa shape index (κ3) is 3.33. The summed E-state index contributed by atoms with van der Waals surface area (Å²) in [6.07, 6.45) is 0.954. The Labute approximate surface area is 95.4 Å². The van der Waals surface area contributed by atoms with Crippen LogP contribution in [0.5, 0.6) is 5.75 Å². The summed E-state index contributed by atoms with van der Waals surface area (Å²) in [7, 11) is 1.54. The van der Waals surface area contributed by atoms with Crippen LogP contribution in [-0.2, 0) is 11.2 Å². The molecule has 0 radical (unpaired) electrons. The molecule has 0 N–H and O–H groups in total. The van der Waals surface area contributed by atoms with Gasteiger partial charge in [0.2, 0.25) is 0 Å². The highest BCUT2D eigenvalue weighted by Gasteiger charge is 2.10. The summed E-state index contributed by atoms with van der Waals surface area (Å²) >= 11 is 0. The average molecular weight is 224 g/mol. The second-order valence-electron chi connectivity index (χ2n) is 4.08. The van der Waals surface area contributed by atoms with Crippen molar-refractivity contribution in [3.63, 3.8) is 0 Å². The fourth-order valence-corrected chi connectivity index (χ4v) is 1.49. The van der Waals surface area contributed by atoms with Crippen LogP contribution in [-0.4, -0.2) is 12.9 Å². The number of Topliss-reactive ketones (excluding diaryl/α,β-unsaturated/α-hetero) is 1. The Hall–Kier alpha value is -1.38. The minimum Gasteiger partial charge on any atom is -0.496 e. The van der Waals surface area contributed by atoms with Crippen LogP contribution < -0.4 is 4.74 Å². The largest absolute Gasteiger partial charge is 0.496 e. The van der Waals surface area contributed by atoms with E-state index in [0.29, 0.717) is 18.6 Å². The number of carbonyl (C=O) groups is 1. The molecule has 0 aliphatic rings. The number of carbonyl (C=O) groups excluding carboxylic acids is 1. The second-order valence-corrected chi connectivity index (χ2v) is 4.08. The van der Waals surface area contributed by atoms with Crippen LogP contribution in [0.3, 0.4) is 0 Å². The standard InChI is InChI=1S/C13H17FO2/c1-9(2)12(15)6-4-10-8-11(14)5-7-13(10)16-3/h5,7-9H,4,6H2,1-3H3. The van der Waals surface area contributed by atoms with Gasteiger partial charge in [-0.2, -0.15) is 0 Å². The van der Waals surface area contributed by atoms with Crippen molar-refractivity contribution in [2.24, 2.45) is 5.92 Å². The number of methoxy groups -OCH3 is 1. The van der Waals surface area contributed by atoms with Gasteiger partial charge in [-0.1, -0.05) is 13.8 Å². The Bertz CT molecular complexity index is 372. The monoisotopic (exact) mass is 224 g/mol. The molecule has 0 spiro atoms. The molecule has 2 nitrogen and oxygen atoms in total. The summed E-state index contributed by atoms with van der Waals surface area (Å²) in [5.41, 5.74) is 0.747. The number of ether oxygens (including phenoxy) is 1. The zero-order chi connectivity index (χ0) is 12.1. The second kappa shape index (κ2) is 5.64.